The van der Waals surface area contributed by atoms with Crippen molar-refractivity contribution < 1.29 is 33.2 Å². The van der Waals surface area contributed by atoms with Crippen LogP contribution in [0.3, 0.4) is 0 Å². The number of nitriles is 1. The molecular weight excluding hydrogens is 858 g/mol. The summed E-state index contributed by atoms with van der Waals surface area (Å²) in [6.45, 7) is 11.6. The number of fused-ring (bicyclic) bond motifs is 1. The topological polar surface area (TPSA) is 186 Å². The van der Waals surface area contributed by atoms with Crippen molar-refractivity contribution in [2.45, 2.75) is 96.7 Å². The molecule has 3 N–H and O–H groups in total. The maximum Gasteiger partial charge on any atom is 0.350 e. The molecular formula is C50H59N7O8P+. The van der Waals surface area contributed by atoms with Crippen molar-refractivity contribution in [1.82, 2.24) is 24.2 Å². The van der Waals surface area contributed by atoms with E-state index in [1.54, 1.807) is 32.6 Å². The number of hydrogen-bond donors (Lipinski definition) is 3. The fourth-order valence-electron chi connectivity index (χ4n) is 8.67. The SMILES string of the molecule is COc1ccc(C(OC[C@H]2O[C@@H](n3cnc4c(=O)[nH]c(NC(=O)C(C)C)nc43)C[C@@H]2O[P+](O)(Cc2ccc(CC#N)cc2)N(C(C)C)C(C)C)(c2ccccc2)c2ccc(OC)cc2)cc1. The highest BCUT2D eigenvalue weighted by atomic mass is 31.2. The Morgan fingerprint density at radius 3 is 2.03 bits per heavy atom. The lowest BCUT2D eigenvalue weighted by molar-refractivity contribution is -0.118. The molecule has 0 bridgehead atoms. The molecule has 3 heterocycles. The first kappa shape index (κ1) is 48.0. The summed E-state index contributed by atoms with van der Waals surface area (Å²) >= 11 is 0. The molecule has 1 fully saturated rings. The van der Waals surface area contributed by atoms with Gasteiger partial charge in [0.25, 0.3) is 5.56 Å². The molecule has 6 aromatic rings. The van der Waals surface area contributed by atoms with E-state index in [1.165, 1.54) is 6.33 Å². The maximum absolute atomic E-state index is 13.4. The molecule has 0 saturated carbocycles. The van der Waals surface area contributed by atoms with E-state index < -0.39 is 37.5 Å². The van der Waals surface area contributed by atoms with Crippen molar-refractivity contribution in [3.8, 4) is 17.6 Å². The minimum absolute atomic E-state index is 0.0177. The first-order chi connectivity index (χ1) is 31.7. The van der Waals surface area contributed by atoms with Gasteiger partial charge in [-0.1, -0.05) is 92.7 Å². The Hall–Kier alpha value is -5.98. The Morgan fingerprint density at radius 1 is 0.909 bits per heavy atom. The van der Waals surface area contributed by atoms with Crippen LogP contribution in [-0.2, 0) is 37.0 Å². The Kier molecular flexibility index (Phi) is 15.0. The number of carbonyl (C=O) groups excluding carboxylic acids is 1. The van der Waals surface area contributed by atoms with E-state index in [4.69, 9.17) is 23.5 Å². The van der Waals surface area contributed by atoms with E-state index in [0.717, 1.165) is 27.8 Å². The van der Waals surface area contributed by atoms with E-state index in [1.807, 2.05) is 135 Å². The lowest BCUT2D eigenvalue weighted by atomic mass is 9.80. The fraction of sp³-hybridized carbons (Fsp3) is 0.380. The third-order valence-corrected chi connectivity index (χ3v) is 14.8. The number of methoxy groups -OCH3 is 2. The molecule has 4 aromatic carbocycles. The number of aromatic nitrogens is 4. The van der Waals surface area contributed by atoms with Crippen LogP contribution < -0.4 is 20.3 Å². The molecule has 0 radical (unpaired) electrons. The van der Waals surface area contributed by atoms with Gasteiger partial charge in [-0.05, 0) is 79.8 Å². The molecule has 7 rings (SSSR count). The monoisotopic (exact) mass is 916 g/mol. The second-order valence-corrected chi connectivity index (χ2v) is 19.6. The van der Waals surface area contributed by atoms with Crippen LogP contribution in [0.1, 0.15) is 82.0 Å². The van der Waals surface area contributed by atoms with Gasteiger partial charge in [0, 0.05) is 24.4 Å². The van der Waals surface area contributed by atoms with Gasteiger partial charge in [-0.15, -0.1) is 4.67 Å². The van der Waals surface area contributed by atoms with Crippen molar-refractivity contribution in [2.75, 3.05) is 26.1 Å². The van der Waals surface area contributed by atoms with Crippen LogP contribution in [0.15, 0.2) is 114 Å². The Balaban J connectivity index is 1.35. The number of anilines is 1. The van der Waals surface area contributed by atoms with Gasteiger partial charge in [-0.3, -0.25) is 24.5 Å². The van der Waals surface area contributed by atoms with Crippen LogP contribution in [0.2, 0.25) is 0 Å². The number of hydrogen-bond acceptors (Lipinski definition) is 12. The highest BCUT2D eigenvalue weighted by Gasteiger charge is 2.55. The summed E-state index contributed by atoms with van der Waals surface area (Å²) < 4.78 is 36.4. The molecule has 16 heteroatoms. The number of carbonyl (C=O) groups is 1. The van der Waals surface area contributed by atoms with Crippen molar-refractivity contribution in [3.05, 3.63) is 148 Å². The molecule has 2 aromatic heterocycles. The maximum atomic E-state index is 13.4. The third kappa shape index (κ3) is 10.2. The second-order valence-electron chi connectivity index (χ2n) is 17.2. The predicted molar refractivity (Wildman–Crippen MR) is 254 cm³/mol. The number of amides is 1. The zero-order chi connectivity index (χ0) is 47.2. The van der Waals surface area contributed by atoms with Crippen LogP contribution in [0.25, 0.3) is 11.2 Å². The number of imidazole rings is 1. The molecule has 1 aliphatic rings. The van der Waals surface area contributed by atoms with Crippen LogP contribution in [-0.4, -0.2) is 80.1 Å². The van der Waals surface area contributed by atoms with Crippen LogP contribution in [0, 0.1) is 17.2 Å². The summed E-state index contributed by atoms with van der Waals surface area (Å²) in [5.74, 6) is 0.669. The van der Waals surface area contributed by atoms with Gasteiger partial charge in [0.15, 0.2) is 17.3 Å². The van der Waals surface area contributed by atoms with Crippen molar-refractivity contribution in [2.24, 2.45) is 5.92 Å². The number of benzene rings is 4. The molecule has 4 atom stereocenters. The summed E-state index contributed by atoms with van der Waals surface area (Å²) in [5.41, 5.74) is 2.75. The van der Waals surface area contributed by atoms with Gasteiger partial charge in [0.1, 0.15) is 35.5 Å². The molecule has 15 nitrogen and oxygen atoms in total. The third-order valence-electron chi connectivity index (χ3n) is 11.7. The minimum atomic E-state index is -3.52. The second kappa shape index (κ2) is 20.7. The van der Waals surface area contributed by atoms with E-state index in [9.17, 15) is 19.7 Å². The first-order valence-corrected chi connectivity index (χ1v) is 23.9. The summed E-state index contributed by atoms with van der Waals surface area (Å²) in [6, 6.07) is 35.1. The van der Waals surface area contributed by atoms with Gasteiger partial charge in [-0.25, -0.2) is 9.88 Å². The molecule has 0 aliphatic carbocycles. The average Bonchev–Trinajstić information content (AvgIpc) is 3.91. The zero-order valence-corrected chi connectivity index (χ0v) is 39.6. The van der Waals surface area contributed by atoms with Crippen molar-refractivity contribution in [1.29, 1.82) is 5.26 Å². The van der Waals surface area contributed by atoms with Crippen LogP contribution in [0.5, 0.6) is 11.5 Å². The van der Waals surface area contributed by atoms with Crippen molar-refractivity contribution >= 4 is 30.9 Å². The number of H-pyrrole nitrogens is 1. The summed E-state index contributed by atoms with van der Waals surface area (Å²) in [4.78, 5) is 50.9. The van der Waals surface area contributed by atoms with E-state index in [2.05, 4.69) is 26.3 Å². The zero-order valence-electron chi connectivity index (χ0n) is 38.7. The molecule has 1 amide bonds. The molecule has 66 heavy (non-hydrogen) atoms. The molecule has 0 spiro atoms. The van der Waals surface area contributed by atoms with E-state index in [0.29, 0.717) is 11.5 Å². The van der Waals surface area contributed by atoms with Gasteiger partial charge < -0.3 is 18.9 Å². The molecule has 346 valence electrons. The minimum Gasteiger partial charge on any atom is -0.497 e. The van der Waals surface area contributed by atoms with E-state index >= 15 is 0 Å². The Labute approximate surface area is 386 Å². The molecule has 1 aliphatic heterocycles. The van der Waals surface area contributed by atoms with Gasteiger partial charge in [-0.2, -0.15) is 14.8 Å². The van der Waals surface area contributed by atoms with Gasteiger partial charge in [0.2, 0.25) is 11.9 Å². The molecule has 1 saturated heterocycles. The van der Waals surface area contributed by atoms with E-state index in [-0.39, 0.29) is 66.6 Å². The largest absolute Gasteiger partial charge is 0.497 e. The Morgan fingerprint density at radius 2 is 1.48 bits per heavy atom. The van der Waals surface area contributed by atoms with Crippen LogP contribution in [0.4, 0.5) is 5.95 Å². The highest BCUT2D eigenvalue weighted by molar-refractivity contribution is 7.62. The number of ether oxygens (including phenoxy) is 4. The summed E-state index contributed by atoms with van der Waals surface area (Å²) in [6.07, 6.45) is -0.206. The number of rotatable bonds is 19. The number of nitrogens with zero attached hydrogens (tertiary/aromatic N) is 5. The Bertz CT molecular complexity index is 2610. The smallest absolute Gasteiger partial charge is 0.350 e. The van der Waals surface area contributed by atoms with Gasteiger partial charge in [0.05, 0.1) is 39.6 Å². The van der Waals surface area contributed by atoms with Gasteiger partial charge >= 0.3 is 7.87 Å². The quantitative estimate of drug-likeness (QED) is 0.0520. The predicted octanol–water partition coefficient (Wildman–Crippen LogP) is 8.55. The molecule has 1 unspecified atom stereocenters. The normalized spacial score (nSPS) is 17.4. The van der Waals surface area contributed by atoms with Crippen molar-refractivity contribution in [3.63, 3.8) is 0 Å². The van der Waals surface area contributed by atoms with Crippen LogP contribution >= 0.6 is 7.87 Å². The number of nitrogens with one attached hydrogen (secondary N) is 2. The fourth-order valence-corrected chi connectivity index (χ4v) is 11.8. The standard InChI is InChI=1S/C50H58N7O8P/c1-32(2)47(58)54-49-53-46-45(48(59)55-49)52-31-56(46)44-28-42(65-66(60,57(33(3)4)34(5)6)30-36-16-14-35(15-17-36)26-27-51)43(64-44)29-63-50(37-12-10-9-11-13-37,38-18-22-40(61-7)23-19-38)39-20-24-41(62-8)25-21-39/h9-25,31-34,42-44,60H,26,28-30H2,1-8H3,(H-,53,54,55,58,59)/p+1/t42-,43+,44+,66?/m0/s1. The lowest BCUT2D eigenvalue weighted by Gasteiger charge is -2.38. The lowest BCUT2D eigenvalue weighted by Crippen LogP contribution is -2.42. The average molecular weight is 917 g/mol. The number of aromatic amines is 1. The summed E-state index contributed by atoms with van der Waals surface area (Å²) in [5, 5.41) is 12.0. The highest BCUT2D eigenvalue weighted by Crippen LogP contribution is 2.65. The summed E-state index contributed by atoms with van der Waals surface area (Å²) in [7, 11) is -0.271. The first-order valence-electron chi connectivity index (χ1n) is 22.1.